The first-order valence-corrected chi connectivity index (χ1v) is 7.73. The van der Waals surface area contributed by atoms with Crippen LogP contribution in [0.3, 0.4) is 0 Å². The van der Waals surface area contributed by atoms with Gasteiger partial charge in [-0.25, -0.2) is 8.42 Å². The molecular formula is C14H12N4O2S. The number of sulfone groups is 1. The molecule has 0 saturated heterocycles. The van der Waals surface area contributed by atoms with Crippen molar-refractivity contribution >= 4 is 9.84 Å². The van der Waals surface area contributed by atoms with Crippen LogP contribution in [-0.2, 0) is 9.84 Å². The van der Waals surface area contributed by atoms with Gasteiger partial charge in [0.05, 0.1) is 10.6 Å². The van der Waals surface area contributed by atoms with Crippen molar-refractivity contribution in [3.8, 4) is 5.69 Å². The van der Waals surface area contributed by atoms with Gasteiger partial charge in [0, 0.05) is 0 Å². The van der Waals surface area contributed by atoms with Gasteiger partial charge in [-0.1, -0.05) is 41.0 Å². The van der Waals surface area contributed by atoms with Crippen LogP contribution in [0, 0.1) is 6.92 Å². The first-order chi connectivity index (χ1) is 10.1. The third-order valence-electron chi connectivity index (χ3n) is 2.95. The molecule has 0 atom stereocenters. The molecule has 3 rings (SSSR count). The fourth-order valence-electron chi connectivity index (χ4n) is 1.80. The van der Waals surface area contributed by atoms with E-state index in [-0.39, 0.29) is 10.1 Å². The van der Waals surface area contributed by atoms with Crippen LogP contribution < -0.4 is 0 Å². The molecule has 2 aromatic carbocycles. The molecule has 3 aromatic rings. The summed E-state index contributed by atoms with van der Waals surface area (Å²) in [4.78, 5) is 1.35. The Hall–Kier alpha value is -2.54. The molecule has 0 aliphatic heterocycles. The summed E-state index contributed by atoms with van der Waals surface area (Å²) >= 11 is 0. The van der Waals surface area contributed by atoms with E-state index in [0.717, 1.165) is 5.56 Å². The maximum Gasteiger partial charge on any atom is 0.293 e. The second-order valence-electron chi connectivity index (χ2n) is 4.51. The number of aromatic nitrogens is 4. The van der Waals surface area contributed by atoms with E-state index in [1.807, 2.05) is 25.1 Å². The van der Waals surface area contributed by atoms with Crippen LogP contribution in [0.1, 0.15) is 5.56 Å². The number of tetrazole rings is 1. The Bertz CT molecular complexity index is 856. The Kier molecular flexibility index (Phi) is 3.26. The summed E-state index contributed by atoms with van der Waals surface area (Å²) in [6.45, 7) is 1.89. The quantitative estimate of drug-likeness (QED) is 0.737. The van der Waals surface area contributed by atoms with E-state index in [4.69, 9.17) is 0 Å². The molecule has 0 fully saturated rings. The highest BCUT2D eigenvalue weighted by Gasteiger charge is 2.23. The van der Waals surface area contributed by atoms with Gasteiger partial charge < -0.3 is 0 Å². The molecule has 1 heterocycles. The van der Waals surface area contributed by atoms with E-state index >= 15 is 0 Å². The maximum absolute atomic E-state index is 12.4. The lowest BCUT2D eigenvalue weighted by atomic mass is 10.2. The lowest BCUT2D eigenvalue weighted by molar-refractivity contribution is 0.586. The summed E-state index contributed by atoms with van der Waals surface area (Å²) in [6, 6.07) is 15.5. The zero-order valence-corrected chi connectivity index (χ0v) is 12.0. The van der Waals surface area contributed by atoms with E-state index in [2.05, 4.69) is 15.4 Å². The number of hydrogen-bond donors (Lipinski definition) is 0. The molecular weight excluding hydrogens is 288 g/mol. The van der Waals surface area contributed by atoms with Gasteiger partial charge in [0.15, 0.2) is 0 Å². The first kappa shape index (κ1) is 13.4. The number of aryl methyl sites for hydroxylation is 1. The minimum Gasteiger partial charge on any atom is -0.215 e. The molecule has 0 aliphatic rings. The second-order valence-corrected chi connectivity index (χ2v) is 6.36. The van der Waals surface area contributed by atoms with Crippen LogP contribution in [-0.4, -0.2) is 28.6 Å². The summed E-state index contributed by atoms with van der Waals surface area (Å²) < 4.78 is 24.8. The maximum atomic E-state index is 12.4. The highest BCUT2D eigenvalue weighted by atomic mass is 32.2. The van der Waals surface area contributed by atoms with Crippen LogP contribution in [0.2, 0.25) is 0 Å². The third kappa shape index (κ3) is 2.55. The number of hydrogen-bond acceptors (Lipinski definition) is 5. The molecule has 0 bridgehead atoms. The number of rotatable bonds is 3. The third-order valence-corrected chi connectivity index (χ3v) is 4.49. The molecule has 0 radical (unpaired) electrons. The second kappa shape index (κ2) is 5.10. The molecule has 0 N–H and O–H groups in total. The van der Waals surface area contributed by atoms with Crippen molar-refractivity contribution in [2.75, 3.05) is 0 Å². The number of nitrogens with zero attached hydrogens (tertiary/aromatic N) is 4. The van der Waals surface area contributed by atoms with Crippen LogP contribution in [0.25, 0.3) is 5.69 Å². The SMILES string of the molecule is Cc1ccc(S(=O)(=O)c2nnn(-c3ccccc3)n2)cc1. The zero-order chi connectivity index (χ0) is 14.9. The summed E-state index contributed by atoms with van der Waals surface area (Å²) in [5.74, 6) is 0. The minimum atomic E-state index is -3.75. The van der Waals surface area contributed by atoms with E-state index in [1.165, 1.54) is 16.9 Å². The molecule has 6 nitrogen and oxygen atoms in total. The zero-order valence-electron chi connectivity index (χ0n) is 11.2. The van der Waals surface area contributed by atoms with Gasteiger partial charge in [-0.3, -0.25) is 0 Å². The summed E-state index contributed by atoms with van der Waals surface area (Å²) in [7, 11) is -3.75. The van der Waals surface area contributed by atoms with Crippen LogP contribution >= 0.6 is 0 Å². The van der Waals surface area contributed by atoms with Gasteiger partial charge in [-0.15, -0.1) is 9.90 Å². The van der Waals surface area contributed by atoms with Crippen LogP contribution in [0.4, 0.5) is 0 Å². The van der Waals surface area contributed by atoms with Crippen LogP contribution in [0.5, 0.6) is 0 Å². The molecule has 0 saturated carbocycles. The van der Waals surface area contributed by atoms with Gasteiger partial charge in [-0.2, -0.15) is 0 Å². The van der Waals surface area contributed by atoms with Gasteiger partial charge in [-0.05, 0) is 36.4 Å². The summed E-state index contributed by atoms with van der Waals surface area (Å²) in [6.07, 6.45) is 0. The van der Waals surface area contributed by atoms with Gasteiger partial charge >= 0.3 is 0 Å². The Morgan fingerprint density at radius 3 is 2.29 bits per heavy atom. The highest BCUT2D eigenvalue weighted by Crippen LogP contribution is 2.17. The smallest absolute Gasteiger partial charge is 0.215 e. The van der Waals surface area contributed by atoms with Crippen molar-refractivity contribution in [3.63, 3.8) is 0 Å². The van der Waals surface area contributed by atoms with E-state index in [1.54, 1.807) is 24.3 Å². The molecule has 0 spiro atoms. The van der Waals surface area contributed by atoms with Crippen molar-refractivity contribution in [1.29, 1.82) is 0 Å². The predicted molar refractivity (Wildman–Crippen MR) is 75.8 cm³/mol. The molecule has 0 amide bonds. The predicted octanol–water partition coefficient (Wildman–Crippen LogP) is 1.80. The van der Waals surface area contributed by atoms with Gasteiger partial charge in [0.2, 0.25) is 9.84 Å². The molecule has 106 valence electrons. The highest BCUT2D eigenvalue weighted by molar-refractivity contribution is 7.91. The van der Waals surface area contributed by atoms with E-state index in [9.17, 15) is 8.42 Å². The standard InChI is InChI=1S/C14H12N4O2S/c1-11-7-9-13(10-8-11)21(19,20)14-15-17-18(16-14)12-5-3-2-4-6-12/h2-10H,1H3. The largest absolute Gasteiger partial charge is 0.293 e. The Morgan fingerprint density at radius 2 is 1.62 bits per heavy atom. The summed E-state index contributed by atoms with van der Waals surface area (Å²) in [5, 5.41) is 11.1. The van der Waals surface area contributed by atoms with Crippen molar-refractivity contribution in [3.05, 3.63) is 60.2 Å². The van der Waals surface area contributed by atoms with E-state index < -0.39 is 9.84 Å². The average Bonchev–Trinajstić information content (AvgIpc) is 2.99. The van der Waals surface area contributed by atoms with Crippen molar-refractivity contribution in [2.45, 2.75) is 17.0 Å². The fraction of sp³-hybridized carbons (Fsp3) is 0.0714. The lowest BCUT2D eigenvalue weighted by Crippen LogP contribution is -2.05. The normalized spacial score (nSPS) is 11.5. The molecule has 1 aromatic heterocycles. The average molecular weight is 300 g/mol. The van der Waals surface area contributed by atoms with Gasteiger partial charge in [0.1, 0.15) is 0 Å². The topological polar surface area (TPSA) is 77.7 Å². The Balaban J connectivity index is 2.01. The first-order valence-electron chi connectivity index (χ1n) is 6.24. The molecule has 0 aliphatic carbocycles. The molecule has 0 unspecified atom stereocenters. The molecule has 7 heteroatoms. The monoisotopic (exact) mass is 300 g/mol. The minimum absolute atomic E-state index is 0.153. The molecule has 21 heavy (non-hydrogen) atoms. The Labute approximate surface area is 122 Å². The number of para-hydroxylation sites is 1. The van der Waals surface area contributed by atoms with Gasteiger partial charge in [0.25, 0.3) is 5.16 Å². The van der Waals surface area contributed by atoms with Crippen molar-refractivity contribution < 1.29 is 8.42 Å². The summed E-state index contributed by atoms with van der Waals surface area (Å²) in [5.41, 5.74) is 1.63. The Morgan fingerprint density at radius 1 is 0.952 bits per heavy atom. The van der Waals surface area contributed by atoms with E-state index in [0.29, 0.717) is 5.69 Å². The lowest BCUT2D eigenvalue weighted by Gasteiger charge is -2.00. The fourth-order valence-corrected chi connectivity index (χ4v) is 2.84. The number of benzene rings is 2. The van der Waals surface area contributed by atoms with Crippen molar-refractivity contribution in [1.82, 2.24) is 20.2 Å². The van der Waals surface area contributed by atoms with Crippen LogP contribution in [0.15, 0.2) is 64.6 Å². The van der Waals surface area contributed by atoms with Crippen molar-refractivity contribution in [2.24, 2.45) is 0 Å².